The zero-order valence-corrected chi connectivity index (χ0v) is 17.8. The van der Waals surface area contributed by atoms with Gasteiger partial charge in [-0.2, -0.15) is 0 Å². The topological polar surface area (TPSA) is 20.2 Å². The number of benzene rings is 5. The predicted octanol–water partition coefficient (Wildman–Crippen LogP) is 7.47. The molecule has 6 rings (SSSR count). The summed E-state index contributed by atoms with van der Waals surface area (Å²) in [5.74, 6) is 0. The highest BCUT2D eigenvalue weighted by atomic mass is 32.2. The number of fused-ring (bicyclic) bond motifs is 6. The predicted molar refractivity (Wildman–Crippen MR) is 131 cm³/mol. The van der Waals surface area contributed by atoms with E-state index >= 15 is 0 Å². The first-order valence-corrected chi connectivity index (χ1v) is 11.5. The van der Waals surface area contributed by atoms with E-state index in [0.717, 1.165) is 10.9 Å². The molecule has 0 spiro atoms. The molecule has 0 amide bonds. The second-order valence-corrected chi connectivity index (χ2v) is 9.52. The highest BCUT2D eigenvalue weighted by Crippen LogP contribution is 2.59. The first kappa shape index (κ1) is 18.7. The molecule has 2 heteroatoms. The normalized spacial score (nSPS) is 17.5. The monoisotopic (exact) mass is 418 g/mol. The van der Waals surface area contributed by atoms with Gasteiger partial charge in [0.1, 0.15) is 0 Å². The maximum Gasteiger partial charge on any atom is 0.0827 e. The van der Waals surface area contributed by atoms with Crippen molar-refractivity contribution in [3.05, 3.63) is 126 Å². The third-order valence-corrected chi connectivity index (χ3v) is 8.12. The fraction of sp³-hybridized carbons (Fsp3) is 0.103. The molecule has 1 heterocycles. The second kappa shape index (κ2) is 7.26. The van der Waals surface area contributed by atoms with Crippen molar-refractivity contribution in [1.29, 1.82) is 0 Å². The maximum atomic E-state index is 11.7. The van der Waals surface area contributed by atoms with Crippen molar-refractivity contribution in [2.24, 2.45) is 0 Å². The van der Waals surface area contributed by atoms with E-state index < -0.39 is 6.10 Å². The molecule has 0 radical (unpaired) electrons. The van der Waals surface area contributed by atoms with Gasteiger partial charge in [-0.1, -0.05) is 109 Å². The number of thioether (sulfide) groups is 1. The minimum absolute atomic E-state index is 0.347. The molecule has 1 N–H and O–H groups in total. The summed E-state index contributed by atoms with van der Waals surface area (Å²) in [4.78, 5) is 1.20. The molecule has 0 fully saturated rings. The first-order valence-electron chi connectivity index (χ1n) is 10.7. The summed E-state index contributed by atoms with van der Waals surface area (Å²) in [6, 6.07) is 38.4. The average Bonchev–Trinajstić information content (AvgIpc) is 2.85. The lowest BCUT2D eigenvalue weighted by Crippen LogP contribution is -2.30. The van der Waals surface area contributed by atoms with Crippen LogP contribution in [0.1, 0.15) is 29.2 Å². The Kier molecular flexibility index (Phi) is 4.38. The van der Waals surface area contributed by atoms with Crippen molar-refractivity contribution >= 4 is 33.3 Å². The van der Waals surface area contributed by atoms with E-state index in [4.69, 9.17) is 0 Å². The molecule has 5 aromatic carbocycles. The smallest absolute Gasteiger partial charge is 0.0827 e. The summed E-state index contributed by atoms with van der Waals surface area (Å²) in [7, 11) is 0. The van der Waals surface area contributed by atoms with Gasteiger partial charge in [-0.05, 0) is 32.7 Å². The van der Waals surface area contributed by atoms with Gasteiger partial charge in [0, 0.05) is 16.9 Å². The highest BCUT2D eigenvalue weighted by Gasteiger charge is 2.43. The van der Waals surface area contributed by atoms with Crippen LogP contribution in [-0.4, -0.2) is 5.11 Å². The summed E-state index contributed by atoms with van der Waals surface area (Å²) in [5.41, 5.74) is 3.53. The minimum Gasteiger partial charge on any atom is -0.388 e. The van der Waals surface area contributed by atoms with Crippen molar-refractivity contribution in [1.82, 2.24) is 0 Å². The van der Waals surface area contributed by atoms with Gasteiger partial charge in [0.2, 0.25) is 0 Å². The summed E-state index contributed by atoms with van der Waals surface area (Å²) in [6.07, 6.45) is 0.0901. The second-order valence-electron chi connectivity index (χ2n) is 8.22. The van der Waals surface area contributed by atoms with Crippen molar-refractivity contribution < 1.29 is 5.11 Å². The molecular formula is C29H22OS. The van der Waals surface area contributed by atoms with Gasteiger partial charge in [-0.3, -0.25) is 0 Å². The average molecular weight is 419 g/mol. The van der Waals surface area contributed by atoms with Gasteiger partial charge < -0.3 is 5.11 Å². The minimum atomic E-state index is -0.550. The first-order chi connectivity index (χ1) is 15.3. The number of aliphatic hydroxyl groups excluding tert-OH is 1. The summed E-state index contributed by atoms with van der Waals surface area (Å²) in [6.45, 7) is 0. The Balaban J connectivity index is 1.70. The Morgan fingerprint density at radius 3 is 1.61 bits per heavy atom. The van der Waals surface area contributed by atoms with E-state index in [-0.39, 0.29) is 4.75 Å². The third-order valence-electron chi connectivity index (χ3n) is 6.49. The van der Waals surface area contributed by atoms with Gasteiger partial charge in [0.25, 0.3) is 0 Å². The van der Waals surface area contributed by atoms with Gasteiger partial charge >= 0.3 is 0 Å². The third kappa shape index (κ3) is 2.83. The molecule has 1 atom stereocenters. The van der Waals surface area contributed by atoms with Gasteiger partial charge in [-0.25, -0.2) is 0 Å². The zero-order valence-electron chi connectivity index (χ0n) is 17.0. The summed E-state index contributed by atoms with van der Waals surface area (Å²) < 4.78 is -0.347. The maximum absolute atomic E-state index is 11.7. The van der Waals surface area contributed by atoms with E-state index in [1.165, 1.54) is 32.2 Å². The van der Waals surface area contributed by atoms with Crippen molar-refractivity contribution in [3.8, 4) is 0 Å². The van der Waals surface area contributed by atoms with E-state index in [1.54, 1.807) is 0 Å². The fourth-order valence-corrected chi connectivity index (χ4v) is 6.84. The Morgan fingerprint density at radius 1 is 0.581 bits per heavy atom. The van der Waals surface area contributed by atoms with E-state index in [1.807, 2.05) is 11.8 Å². The Bertz CT molecular complexity index is 1350. The molecule has 0 bridgehead atoms. The van der Waals surface area contributed by atoms with E-state index in [0.29, 0.717) is 6.42 Å². The SMILES string of the molecule is OC1CC(c2ccccc2)(c2ccccc2)Sc2c1c1ccccc1c1ccccc21. The van der Waals surface area contributed by atoms with Crippen molar-refractivity contribution in [2.75, 3.05) is 0 Å². The lowest BCUT2D eigenvalue weighted by atomic mass is 9.82. The lowest BCUT2D eigenvalue weighted by Gasteiger charge is -2.42. The van der Waals surface area contributed by atoms with Gasteiger partial charge in [-0.15, -0.1) is 11.8 Å². The standard InChI is InChI=1S/C29H22OS/c30-26-19-29(20-11-3-1-4-12-20,21-13-5-2-6-14-21)31-28-25-18-10-8-16-23(25)22-15-7-9-17-24(22)27(26)28/h1-18,26,30H,19H2. The number of aliphatic hydroxyl groups is 1. The number of hydrogen-bond acceptors (Lipinski definition) is 2. The molecule has 1 aliphatic rings. The molecule has 1 aliphatic heterocycles. The molecule has 31 heavy (non-hydrogen) atoms. The Morgan fingerprint density at radius 2 is 1.03 bits per heavy atom. The summed E-state index contributed by atoms with van der Waals surface area (Å²) in [5, 5.41) is 16.5. The van der Waals surface area contributed by atoms with Crippen LogP contribution >= 0.6 is 11.8 Å². The largest absolute Gasteiger partial charge is 0.388 e. The van der Waals surface area contributed by atoms with Gasteiger partial charge in [0.05, 0.1) is 10.9 Å². The molecular weight excluding hydrogens is 396 g/mol. The van der Waals surface area contributed by atoms with Crippen LogP contribution in [0.15, 0.2) is 114 Å². The van der Waals surface area contributed by atoms with Crippen LogP contribution in [0, 0.1) is 0 Å². The molecule has 0 aromatic heterocycles. The Hall–Kier alpha value is -3.07. The Labute approximate surface area is 186 Å². The van der Waals surface area contributed by atoms with E-state index in [2.05, 4.69) is 109 Å². The van der Waals surface area contributed by atoms with Crippen LogP contribution in [0.4, 0.5) is 0 Å². The molecule has 150 valence electrons. The molecule has 0 saturated heterocycles. The number of rotatable bonds is 2. The molecule has 5 aromatic rings. The molecule has 0 saturated carbocycles. The van der Waals surface area contributed by atoms with Crippen LogP contribution in [0.3, 0.4) is 0 Å². The number of hydrogen-bond donors (Lipinski definition) is 1. The van der Waals surface area contributed by atoms with Crippen LogP contribution in [0.2, 0.25) is 0 Å². The van der Waals surface area contributed by atoms with Crippen molar-refractivity contribution in [3.63, 3.8) is 0 Å². The van der Waals surface area contributed by atoms with E-state index in [9.17, 15) is 5.11 Å². The molecule has 0 aliphatic carbocycles. The fourth-order valence-electron chi connectivity index (χ4n) is 5.10. The van der Waals surface area contributed by atoms with Crippen LogP contribution < -0.4 is 0 Å². The van der Waals surface area contributed by atoms with Crippen molar-refractivity contribution in [2.45, 2.75) is 22.2 Å². The van der Waals surface area contributed by atoms with Crippen LogP contribution in [-0.2, 0) is 4.75 Å². The quantitative estimate of drug-likeness (QED) is 0.300. The van der Waals surface area contributed by atoms with Crippen LogP contribution in [0.25, 0.3) is 21.5 Å². The lowest BCUT2D eigenvalue weighted by molar-refractivity contribution is 0.153. The summed E-state index contributed by atoms with van der Waals surface area (Å²) >= 11 is 1.90. The zero-order chi connectivity index (χ0) is 20.8. The molecule has 1 nitrogen and oxygen atoms in total. The molecule has 1 unspecified atom stereocenters. The van der Waals surface area contributed by atoms with Gasteiger partial charge in [0.15, 0.2) is 0 Å². The van der Waals surface area contributed by atoms with Crippen LogP contribution in [0.5, 0.6) is 0 Å². The highest BCUT2D eigenvalue weighted by molar-refractivity contribution is 8.00.